The Balaban J connectivity index is 3.30. The Labute approximate surface area is 98.7 Å². The van der Waals surface area contributed by atoms with Crippen molar-refractivity contribution in [2.75, 3.05) is 20.8 Å². The van der Waals surface area contributed by atoms with Crippen LogP contribution in [0, 0.1) is 6.92 Å². The van der Waals surface area contributed by atoms with Crippen molar-refractivity contribution in [2.24, 2.45) is 5.73 Å². The van der Waals surface area contributed by atoms with Crippen molar-refractivity contribution >= 4 is 15.9 Å². The first kappa shape index (κ1) is 12.3. The lowest BCUT2D eigenvalue weighted by Gasteiger charge is -2.15. The summed E-state index contributed by atoms with van der Waals surface area (Å²) in [5.41, 5.74) is 7.65. The van der Waals surface area contributed by atoms with Gasteiger partial charge in [0.1, 0.15) is 11.5 Å². The maximum atomic E-state index is 5.55. The molecule has 0 fully saturated rings. The maximum Gasteiger partial charge on any atom is 0.136 e. The molecular weight excluding hydrogens is 258 g/mol. The minimum Gasteiger partial charge on any atom is -0.496 e. The molecule has 4 heteroatoms. The summed E-state index contributed by atoms with van der Waals surface area (Å²) in [6.45, 7) is 2.58. The third-order valence-corrected chi connectivity index (χ3v) is 3.29. The van der Waals surface area contributed by atoms with Gasteiger partial charge in [0.2, 0.25) is 0 Å². The summed E-state index contributed by atoms with van der Waals surface area (Å²) in [5.74, 6) is 1.70. The highest BCUT2D eigenvalue weighted by Gasteiger charge is 2.14. The lowest BCUT2D eigenvalue weighted by atomic mass is 10.1. The molecule has 15 heavy (non-hydrogen) atoms. The molecule has 1 aromatic rings. The minimum atomic E-state index is 0.592. The third kappa shape index (κ3) is 2.44. The van der Waals surface area contributed by atoms with E-state index in [0.717, 1.165) is 33.5 Å². The Bertz CT molecular complexity index is 353. The lowest BCUT2D eigenvalue weighted by Crippen LogP contribution is -2.05. The van der Waals surface area contributed by atoms with Gasteiger partial charge in [-0.25, -0.2) is 0 Å². The number of halogens is 1. The van der Waals surface area contributed by atoms with Crippen molar-refractivity contribution in [3.05, 3.63) is 21.7 Å². The van der Waals surface area contributed by atoms with E-state index >= 15 is 0 Å². The highest BCUT2D eigenvalue weighted by atomic mass is 79.9. The van der Waals surface area contributed by atoms with Gasteiger partial charge >= 0.3 is 0 Å². The first-order valence-electron chi connectivity index (χ1n) is 4.75. The summed E-state index contributed by atoms with van der Waals surface area (Å²) >= 11 is 3.51. The van der Waals surface area contributed by atoms with Crippen molar-refractivity contribution < 1.29 is 9.47 Å². The average Bonchev–Trinajstić information content (AvgIpc) is 2.24. The van der Waals surface area contributed by atoms with E-state index in [1.165, 1.54) is 0 Å². The van der Waals surface area contributed by atoms with Crippen LogP contribution in [0.1, 0.15) is 11.1 Å². The molecule has 84 valence electrons. The molecule has 0 aliphatic carbocycles. The standard InChI is InChI=1S/C11H16BrNO2/c1-7-9(14-2)6-8(4-5-13)11(15-3)10(7)12/h6H,4-5,13H2,1-3H3. The van der Waals surface area contributed by atoms with Gasteiger partial charge in [-0.05, 0) is 41.9 Å². The Morgan fingerprint density at radius 3 is 2.47 bits per heavy atom. The Morgan fingerprint density at radius 2 is 2.00 bits per heavy atom. The number of rotatable bonds is 4. The molecular formula is C11H16BrNO2. The predicted molar refractivity (Wildman–Crippen MR) is 64.7 cm³/mol. The molecule has 0 aliphatic rings. The molecule has 1 rings (SSSR count). The fourth-order valence-electron chi connectivity index (χ4n) is 1.53. The average molecular weight is 274 g/mol. The van der Waals surface area contributed by atoms with Crippen molar-refractivity contribution in [3.63, 3.8) is 0 Å². The third-order valence-electron chi connectivity index (χ3n) is 2.33. The molecule has 1 aromatic carbocycles. The Morgan fingerprint density at radius 1 is 1.33 bits per heavy atom. The van der Waals surface area contributed by atoms with E-state index in [1.54, 1.807) is 14.2 Å². The van der Waals surface area contributed by atoms with Crippen LogP contribution in [0.15, 0.2) is 10.5 Å². The smallest absolute Gasteiger partial charge is 0.136 e. The van der Waals surface area contributed by atoms with Crippen LogP contribution in [0.4, 0.5) is 0 Å². The molecule has 0 radical (unpaired) electrons. The summed E-state index contributed by atoms with van der Waals surface area (Å²) in [6, 6.07) is 1.98. The van der Waals surface area contributed by atoms with Gasteiger partial charge < -0.3 is 15.2 Å². The molecule has 0 aliphatic heterocycles. The lowest BCUT2D eigenvalue weighted by molar-refractivity contribution is 0.394. The first-order valence-corrected chi connectivity index (χ1v) is 5.55. The van der Waals surface area contributed by atoms with Crippen LogP contribution < -0.4 is 15.2 Å². The van der Waals surface area contributed by atoms with Crippen molar-refractivity contribution in [3.8, 4) is 11.5 Å². The molecule has 0 saturated heterocycles. The topological polar surface area (TPSA) is 44.5 Å². The highest BCUT2D eigenvalue weighted by Crippen LogP contribution is 2.37. The first-order chi connectivity index (χ1) is 7.15. The summed E-state index contributed by atoms with van der Waals surface area (Å²) in [6.07, 6.45) is 0.776. The molecule has 0 heterocycles. The Kier molecular flexibility index (Phi) is 4.42. The van der Waals surface area contributed by atoms with Crippen LogP contribution in [-0.4, -0.2) is 20.8 Å². The molecule has 0 aromatic heterocycles. The zero-order valence-corrected chi connectivity index (χ0v) is 10.8. The number of methoxy groups -OCH3 is 2. The van der Waals surface area contributed by atoms with Crippen molar-refractivity contribution in [1.29, 1.82) is 0 Å². The number of hydrogen-bond donors (Lipinski definition) is 1. The van der Waals surface area contributed by atoms with Crippen molar-refractivity contribution in [2.45, 2.75) is 13.3 Å². The van der Waals surface area contributed by atoms with Gasteiger partial charge in [0, 0.05) is 11.1 Å². The summed E-state index contributed by atoms with van der Waals surface area (Å²) in [4.78, 5) is 0. The number of ether oxygens (including phenoxy) is 2. The monoisotopic (exact) mass is 273 g/mol. The van der Waals surface area contributed by atoms with Crippen LogP contribution >= 0.6 is 15.9 Å². The van der Waals surface area contributed by atoms with Gasteiger partial charge in [0.15, 0.2) is 0 Å². The second-order valence-electron chi connectivity index (χ2n) is 3.25. The minimum absolute atomic E-state index is 0.592. The largest absolute Gasteiger partial charge is 0.496 e. The van der Waals surface area contributed by atoms with Crippen LogP contribution in [0.5, 0.6) is 11.5 Å². The van der Waals surface area contributed by atoms with E-state index in [1.807, 2.05) is 13.0 Å². The molecule has 2 N–H and O–H groups in total. The molecule has 0 bridgehead atoms. The normalized spacial score (nSPS) is 10.2. The van der Waals surface area contributed by atoms with Crippen LogP contribution in [0.25, 0.3) is 0 Å². The van der Waals surface area contributed by atoms with E-state index in [9.17, 15) is 0 Å². The van der Waals surface area contributed by atoms with Gasteiger partial charge in [-0.3, -0.25) is 0 Å². The fraction of sp³-hybridized carbons (Fsp3) is 0.455. The van der Waals surface area contributed by atoms with Crippen LogP contribution in [0.2, 0.25) is 0 Å². The highest BCUT2D eigenvalue weighted by molar-refractivity contribution is 9.10. The fourth-order valence-corrected chi connectivity index (χ4v) is 2.14. The number of benzene rings is 1. The second kappa shape index (κ2) is 5.37. The van der Waals surface area contributed by atoms with Gasteiger partial charge in [-0.1, -0.05) is 0 Å². The van der Waals surface area contributed by atoms with E-state index in [-0.39, 0.29) is 0 Å². The van der Waals surface area contributed by atoms with Gasteiger partial charge in [-0.15, -0.1) is 0 Å². The van der Waals surface area contributed by atoms with Crippen LogP contribution in [0.3, 0.4) is 0 Å². The quantitative estimate of drug-likeness (QED) is 0.916. The van der Waals surface area contributed by atoms with Gasteiger partial charge in [0.25, 0.3) is 0 Å². The number of nitrogens with two attached hydrogens (primary N) is 1. The summed E-state index contributed by atoms with van der Waals surface area (Å²) in [5, 5.41) is 0. The van der Waals surface area contributed by atoms with Crippen LogP contribution in [-0.2, 0) is 6.42 Å². The molecule has 0 atom stereocenters. The summed E-state index contributed by atoms with van der Waals surface area (Å²) in [7, 11) is 3.32. The summed E-state index contributed by atoms with van der Waals surface area (Å²) < 4.78 is 11.6. The maximum absolute atomic E-state index is 5.55. The molecule has 0 spiro atoms. The predicted octanol–water partition coefficient (Wildman–Crippen LogP) is 2.28. The van der Waals surface area contributed by atoms with Gasteiger partial charge in [-0.2, -0.15) is 0 Å². The SMILES string of the molecule is COc1cc(CCN)c(OC)c(Br)c1C. The van der Waals surface area contributed by atoms with E-state index in [2.05, 4.69) is 15.9 Å². The van der Waals surface area contributed by atoms with E-state index in [4.69, 9.17) is 15.2 Å². The molecule has 0 unspecified atom stereocenters. The number of hydrogen-bond acceptors (Lipinski definition) is 3. The van der Waals surface area contributed by atoms with Crippen molar-refractivity contribution in [1.82, 2.24) is 0 Å². The molecule has 0 amide bonds. The van der Waals surface area contributed by atoms with E-state index in [0.29, 0.717) is 6.54 Å². The van der Waals surface area contributed by atoms with Gasteiger partial charge in [0.05, 0.1) is 18.7 Å². The molecule has 0 saturated carbocycles. The molecule has 3 nitrogen and oxygen atoms in total. The second-order valence-corrected chi connectivity index (χ2v) is 4.04. The zero-order chi connectivity index (χ0) is 11.4. The van der Waals surface area contributed by atoms with E-state index < -0.39 is 0 Å². The Hall–Kier alpha value is -0.740. The zero-order valence-electron chi connectivity index (χ0n) is 9.26.